The average molecular weight is 557 g/mol. The van der Waals surface area contributed by atoms with Gasteiger partial charge in [-0.3, -0.25) is 19.8 Å². The van der Waals surface area contributed by atoms with E-state index in [0.717, 1.165) is 15.6 Å². The van der Waals surface area contributed by atoms with E-state index in [2.05, 4.69) is 21.2 Å². The van der Waals surface area contributed by atoms with Gasteiger partial charge < -0.3 is 5.11 Å². The lowest BCUT2D eigenvalue weighted by Gasteiger charge is -2.29. The highest BCUT2D eigenvalue weighted by Crippen LogP contribution is 2.31. The Bertz CT molecular complexity index is 1040. The summed E-state index contributed by atoms with van der Waals surface area (Å²) >= 11 is 10.5. The van der Waals surface area contributed by atoms with Crippen LogP contribution in [0.15, 0.2) is 40.4 Å². The number of aryl methyl sites for hydroxylation is 2. The molecule has 2 aromatic rings. The first kappa shape index (κ1) is 20.0. The van der Waals surface area contributed by atoms with Crippen molar-refractivity contribution in [1.29, 1.82) is 0 Å². The van der Waals surface area contributed by atoms with Crippen LogP contribution < -0.4 is 10.2 Å². The summed E-state index contributed by atoms with van der Waals surface area (Å²) in [4.78, 5) is 26.7. The maximum Gasteiger partial charge on any atom is 0.270 e. The van der Waals surface area contributed by atoms with Crippen molar-refractivity contribution in [2.45, 2.75) is 13.8 Å². The predicted octanol–water partition coefficient (Wildman–Crippen LogP) is 4.21. The Kier molecular flexibility index (Phi) is 5.68. The number of thiocarbonyl (C=S) groups is 1. The van der Waals surface area contributed by atoms with Crippen LogP contribution in [0.2, 0.25) is 0 Å². The van der Waals surface area contributed by atoms with Crippen molar-refractivity contribution in [3.05, 3.63) is 60.6 Å². The molecule has 0 radical (unpaired) electrons. The molecule has 1 heterocycles. The van der Waals surface area contributed by atoms with Gasteiger partial charge in [0.2, 0.25) is 0 Å². The van der Waals surface area contributed by atoms with Crippen LogP contribution in [0.5, 0.6) is 5.75 Å². The maximum absolute atomic E-state index is 13.0. The average Bonchev–Trinajstić information content (AvgIpc) is 2.58. The zero-order valence-corrected chi connectivity index (χ0v) is 18.9. The molecular weight excluding hydrogens is 543 g/mol. The summed E-state index contributed by atoms with van der Waals surface area (Å²) in [6.07, 6.45) is 1.37. The fourth-order valence-electron chi connectivity index (χ4n) is 2.61. The molecule has 0 unspecified atom stereocenters. The Morgan fingerprint density at radius 3 is 2.56 bits per heavy atom. The molecule has 1 saturated heterocycles. The van der Waals surface area contributed by atoms with Gasteiger partial charge in [-0.05, 0) is 90.1 Å². The van der Waals surface area contributed by atoms with Gasteiger partial charge in [0.1, 0.15) is 11.3 Å². The molecule has 2 aromatic carbocycles. The van der Waals surface area contributed by atoms with Crippen LogP contribution in [0.25, 0.3) is 6.08 Å². The van der Waals surface area contributed by atoms with Crippen molar-refractivity contribution >= 4 is 79.4 Å². The summed E-state index contributed by atoms with van der Waals surface area (Å²) in [5, 5.41) is 12.8. The number of carbonyl (C=O) groups is 2. The van der Waals surface area contributed by atoms with Crippen LogP contribution in [0.4, 0.5) is 5.69 Å². The molecule has 1 aliphatic rings. The first-order chi connectivity index (χ1) is 12.7. The van der Waals surface area contributed by atoms with Gasteiger partial charge in [-0.15, -0.1) is 0 Å². The standard InChI is InChI=1S/C19H14BrIN2O3S/c1-9-3-4-13(5-10(9)2)23-18(26)14(17(25)22-19(23)27)7-11-6-12(20)8-15(21)16(11)24/h3-8,24H,1-2H3,(H,22,25,27)/b14-7-. The van der Waals surface area contributed by atoms with E-state index in [1.54, 1.807) is 18.2 Å². The second-order valence-corrected chi connectivity index (χ2v) is 8.52. The lowest BCUT2D eigenvalue weighted by molar-refractivity contribution is -0.122. The molecule has 5 nitrogen and oxygen atoms in total. The molecule has 0 atom stereocenters. The molecule has 3 rings (SSSR count). The van der Waals surface area contributed by atoms with Crippen LogP contribution in [-0.4, -0.2) is 22.0 Å². The van der Waals surface area contributed by atoms with Gasteiger partial charge in [0.25, 0.3) is 11.8 Å². The van der Waals surface area contributed by atoms with Gasteiger partial charge in [0.15, 0.2) is 5.11 Å². The van der Waals surface area contributed by atoms with E-state index in [1.807, 2.05) is 48.6 Å². The Hall–Kier alpha value is -1.78. The predicted molar refractivity (Wildman–Crippen MR) is 121 cm³/mol. The van der Waals surface area contributed by atoms with Gasteiger partial charge in [0.05, 0.1) is 9.26 Å². The highest BCUT2D eigenvalue weighted by molar-refractivity contribution is 14.1. The largest absolute Gasteiger partial charge is 0.506 e. The smallest absolute Gasteiger partial charge is 0.270 e. The van der Waals surface area contributed by atoms with Crippen LogP contribution in [0, 0.1) is 17.4 Å². The quantitative estimate of drug-likeness (QED) is 0.252. The minimum absolute atomic E-state index is 0.00206. The number of nitrogens with one attached hydrogen (secondary N) is 1. The van der Waals surface area contributed by atoms with Gasteiger partial charge in [-0.25, -0.2) is 0 Å². The van der Waals surface area contributed by atoms with Gasteiger partial charge >= 0.3 is 0 Å². The highest BCUT2D eigenvalue weighted by atomic mass is 127. The normalized spacial score (nSPS) is 16.1. The third-order valence-corrected chi connectivity index (χ3v) is 5.77. The number of hydrogen-bond donors (Lipinski definition) is 2. The second kappa shape index (κ2) is 7.69. The third kappa shape index (κ3) is 3.92. The van der Waals surface area contributed by atoms with Crippen LogP contribution in [-0.2, 0) is 9.59 Å². The third-order valence-electron chi connectivity index (χ3n) is 4.21. The number of rotatable bonds is 2. The van der Waals surface area contributed by atoms with Crippen molar-refractivity contribution in [3.63, 3.8) is 0 Å². The van der Waals surface area contributed by atoms with Gasteiger partial charge in [-0.2, -0.15) is 0 Å². The van der Waals surface area contributed by atoms with E-state index in [4.69, 9.17) is 12.2 Å². The molecule has 2 N–H and O–H groups in total. The Labute approximate surface area is 183 Å². The fraction of sp³-hybridized carbons (Fsp3) is 0.105. The summed E-state index contributed by atoms with van der Waals surface area (Å²) < 4.78 is 1.32. The van der Waals surface area contributed by atoms with E-state index < -0.39 is 11.8 Å². The molecular formula is C19H14BrIN2O3S. The molecule has 27 heavy (non-hydrogen) atoms. The maximum atomic E-state index is 13.0. The number of phenolic OH excluding ortho intramolecular Hbond substituents is 1. The van der Waals surface area contributed by atoms with Crippen molar-refractivity contribution in [1.82, 2.24) is 5.32 Å². The van der Waals surface area contributed by atoms with Crippen LogP contribution in [0.3, 0.4) is 0 Å². The zero-order chi connectivity index (χ0) is 19.9. The number of hydrogen-bond acceptors (Lipinski definition) is 4. The number of benzene rings is 2. The van der Waals surface area contributed by atoms with E-state index in [0.29, 0.717) is 14.8 Å². The summed E-state index contributed by atoms with van der Waals surface area (Å²) in [6, 6.07) is 8.88. The van der Waals surface area contributed by atoms with E-state index in [-0.39, 0.29) is 16.4 Å². The molecule has 1 fully saturated rings. The number of halogens is 2. The number of carbonyl (C=O) groups excluding carboxylic acids is 2. The lowest BCUT2D eigenvalue weighted by atomic mass is 10.0. The molecule has 0 bridgehead atoms. The summed E-state index contributed by atoms with van der Waals surface area (Å²) in [5.41, 5.74) is 2.92. The molecule has 2 amide bonds. The van der Waals surface area contributed by atoms with E-state index in [9.17, 15) is 14.7 Å². The first-order valence-corrected chi connectivity index (χ1v) is 10.1. The fourth-order valence-corrected chi connectivity index (χ4v) is 4.44. The monoisotopic (exact) mass is 556 g/mol. The summed E-state index contributed by atoms with van der Waals surface area (Å²) in [7, 11) is 0. The minimum Gasteiger partial charge on any atom is -0.506 e. The first-order valence-electron chi connectivity index (χ1n) is 7.85. The van der Waals surface area contributed by atoms with Crippen LogP contribution >= 0.6 is 50.7 Å². The van der Waals surface area contributed by atoms with Crippen molar-refractivity contribution in [3.8, 4) is 5.75 Å². The number of aromatic hydroxyl groups is 1. The van der Waals surface area contributed by atoms with Crippen molar-refractivity contribution in [2.24, 2.45) is 0 Å². The SMILES string of the molecule is Cc1ccc(N2C(=O)/C(=C\c3cc(Br)cc(I)c3O)C(=O)NC2=S)cc1C. The Morgan fingerprint density at radius 2 is 1.89 bits per heavy atom. The van der Waals surface area contributed by atoms with E-state index >= 15 is 0 Å². The molecule has 0 saturated carbocycles. The molecule has 138 valence electrons. The number of phenols is 1. The topological polar surface area (TPSA) is 69.6 Å². The lowest BCUT2D eigenvalue weighted by Crippen LogP contribution is -2.54. The van der Waals surface area contributed by atoms with Gasteiger partial charge in [0, 0.05) is 10.0 Å². The second-order valence-electron chi connectivity index (χ2n) is 6.05. The highest BCUT2D eigenvalue weighted by Gasteiger charge is 2.34. The molecule has 0 aliphatic carbocycles. The van der Waals surface area contributed by atoms with E-state index in [1.165, 1.54) is 11.0 Å². The van der Waals surface area contributed by atoms with Gasteiger partial charge in [-0.1, -0.05) is 22.0 Å². The Morgan fingerprint density at radius 1 is 1.19 bits per heavy atom. The summed E-state index contributed by atoms with van der Waals surface area (Å²) in [5.74, 6) is -1.14. The van der Waals surface area contributed by atoms with Crippen molar-refractivity contribution < 1.29 is 14.7 Å². The molecule has 1 aliphatic heterocycles. The Balaban J connectivity index is 2.09. The molecule has 0 spiro atoms. The zero-order valence-electron chi connectivity index (χ0n) is 14.3. The number of amides is 2. The van der Waals surface area contributed by atoms with Crippen molar-refractivity contribution in [2.75, 3.05) is 4.90 Å². The molecule has 8 heteroatoms. The molecule has 0 aromatic heterocycles. The number of anilines is 1. The minimum atomic E-state index is -0.598. The summed E-state index contributed by atoms with van der Waals surface area (Å²) in [6.45, 7) is 3.91. The number of nitrogens with zero attached hydrogens (tertiary/aromatic N) is 1. The van der Waals surface area contributed by atoms with Crippen LogP contribution in [0.1, 0.15) is 16.7 Å².